The Morgan fingerprint density at radius 2 is 1.89 bits per heavy atom. The van der Waals surface area contributed by atoms with E-state index in [-0.39, 0.29) is 12.1 Å². The summed E-state index contributed by atoms with van der Waals surface area (Å²) in [5, 5.41) is 7.33. The molecule has 146 valence electrons. The molecule has 1 aromatic carbocycles. The largest absolute Gasteiger partial charge is 0.497 e. The van der Waals surface area contributed by atoms with Gasteiger partial charge in [0.15, 0.2) is 0 Å². The number of ether oxygens (including phenoxy) is 1. The Kier molecular flexibility index (Phi) is 6.58. The van der Waals surface area contributed by atoms with Crippen LogP contribution in [0.25, 0.3) is 0 Å². The quantitative estimate of drug-likeness (QED) is 0.827. The zero-order valence-electron chi connectivity index (χ0n) is 16.2. The van der Waals surface area contributed by atoms with Gasteiger partial charge < -0.3 is 24.8 Å². The molecule has 1 N–H and O–H groups in total. The van der Waals surface area contributed by atoms with E-state index in [0.717, 1.165) is 31.9 Å². The topological polar surface area (TPSA) is 48.1 Å². The number of anilines is 1. The fourth-order valence-electron chi connectivity index (χ4n) is 3.32. The summed E-state index contributed by atoms with van der Waals surface area (Å²) in [5.74, 6) is 0.859. The van der Waals surface area contributed by atoms with E-state index in [2.05, 4.69) is 44.1 Å². The van der Waals surface area contributed by atoms with Crippen molar-refractivity contribution in [2.45, 2.75) is 6.04 Å². The minimum Gasteiger partial charge on any atom is -0.497 e. The Labute approximate surface area is 165 Å². The lowest BCUT2D eigenvalue weighted by atomic mass is 10.1. The number of nitrogens with one attached hydrogen (secondary N) is 1. The Balaban J connectivity index is 1.49. The van der Waals surface area contributed by atoms with Gasteiger partial charge in [0.25, 0.3) is 0 Å². The predicted molar refractivity (Wildman–Crippen MR) is 111 cm³/mol. The second kappa shape index (κ2) is 9.10. The first-order valence-corrected chi connectivity index (χ1v) is 10.1. The van der Waals surface area contributed by atoms with Crippen LogP contribution in [-0.4, -0.2) is 69.8 Å². The predicted octanol–water partition coefficient (Wildman–Crippen LogP) is 2.89. The molecular formula is C20H28N4O2S. The first kappa shape index (κ1) is 19.5. The van der Waals surface area contributed by atoms with Crippen LogP contribution >= 0.6 is 11.3 Å². The van der Waals surface area contributed by atoms with Crippen LogP contribution in [0.15, 0.2) is 41.1 Å². The van der Waals surface area contributed by atoms with Crippen molar-refractivity contribution in [1.29, 1.82) is 0 Å². The number of thiophene rings is 1. The molecule has 6 nitrogen and oxygen atoms in total. The second-order valence-corrected chi connectivity index (χ2v) is 7.67. The standard InChI is InChI=1S/C20H28N4O2S/c1-22(2)19(16-8-13-27-15-16)14-21-20(25)24-11-9-23(10-12-24)17-4-6-18(26-3)7-5-17/h4-8,13,15,19H,9-12,14H2,1-3H3,(H,21,25). The van der Waals surface area contributed by atoms with E-state index in [1.807, 2.05) is 31.1 Å². The van der Waals surface area contributed by atoms with Gasteiger partial charge in [-0.25, -0.2) is 4.79 Å². The maximum Gasteiger partial charge on any atom is 0.317 e. The van der Waals surface area contributed by atoms with E-state index in [1.54, 1.807) is 18.4 Å². The lowest BCUT2D eigenvalue weighted by Gasteiger charge is -2.36. The van der Waals surface area contributed by atoms with Crippen LogP contribution in [0.1, 0.15) is 11.6 Å². The number of amides is 2. The lowest BCUT2D eigenvalue weighted by molar-refractivity contribution is 0.189. The minimum absolute atomic E-state index is 0.0199. The Morgan fingerprint density at radius 3 is 2.44 bits per heavy atom. The number of benzene rings is 1. The van der Waals surface area contributed by atoms with Gasteiger partial charge in [0.05, 0.1) is 13.2 Å². The van der Waals surface area contributed by atoms with Crippen molar-refractivity contribution in [2.75, 3.05) is 58.8 Å². The molecule has 1 aliphatic heterocycles. The molecule has 27 heavy (non-hydrogen) atoms. The number of carbonyl (C=O) groups is 1. The van der Waals surface area contributed by atoms with Crippen LogP contribution in [0.5, 0.6) is 5.75 Å². The number of urea groups is 1. The zero-order chi connectivity index (χ0) is 19.2. The van der Waals surface area contributed by atoms with Crippen LogP contribution in [0.4, 0.5) is 10.5 Å². The third kappa shape index (κ3) is 4.93. The fourth-order valence-corrected chi connectivity index (χ4v) is 4.03. The second-order valence-electron chi connectivity index (χ2n) is 6.89. The molecule has 2 heterocycles. The smallest absolute Gasteiger partial charge is 0.317 e. The summed E-state index contributed by atoms with van der Waals surface area (Å²) in [6.45, 7) is 3.73. The number of hydrogen-bond acceptors (Lipinski definition) is 5. The molecule has 0 aliphatic carbocycles. The van der Waals surface area contributed by atoms with Gasteiger partial charge in [-0.15, -0.1) is 0 Å². The molecule has 0 saturated carbocycles. The van der Waals surface area contributed by atoms with Crippen molar-refractivity contribution in [3.63, 3.8) is 0 Å². The number of likely N-dealkylation sites (N-methyl/N-ethyl adjacent to an activating group) is 1. The minimum atomic E-state index is 0.0199. The Morgan fingerprint density at radius 1 is 1.19 bits per heavy atom. The third-order valence-electron chi connectivity index (χ3n) is 5.00. The number of nitrogens with zero attached hydrogens (tertiary/aromatic N) is 3. The zero-order valence-corrected chi connectivity index (χ0v) is 17.0. The summed E-state index contributed by atoms with van der Waals surface area (Å²) >= 11 is 1.68. The van der Waals surface area contributed by atoms with Gasteiger partial charge in [-0.1, -0.05) is 0 Å². The van der Waals surface area contributed by atoms with Gasteiger partial charge in [0, 0.05) is 38.4 Å². The Bertz CT molecular complexity index is 710. The van der Waals surface area contributed by atoms with Crippen molar-refractivity contribution in [3.05, 3.63) is 46.7 Å². The van der Waals surface area contributed by atoms with Gasteiger partial charge in [-0.2, -0.15) is 11.3 Å². The highest BCUT2D eigenvalue weighted by atomic mass is 32.1. The van der Waals surface area contributed by atoms with Crippen molar-refractivity contribution in [1.82, 2.24) is 15.1 Å². The molecule has 0 spiro atoms. The van der Waals surface area contributed by atoms with Crippen LogP contribution < -0.4 is 15.0 Å². The van der Waals surface area contributed by atoms with Crippen LogP contribution in [0.2, 0.25) is 0 Å². The summed E-state index contributed by atoms with van der Waals surface area (Å²) < 4.78 is 5.21. The molecular weight excluding hydrogens is 360 g/mol. The molecule has 3 rings (SSSR count). The SMILES string of the molecule is COc1ccc(N2CCN(C(=O)NCC(c3ccsc3)N(C)C)CC2)cc1. The molecule has 1 fully saturated rings. The average Bonchev–Trinajstić information content (AvgIpc) is 3.22. The Hall–Kier alpha value is -2.25. The van der Waals surface area contributed by atoms with Crippen LogP contribution in [0.3, 0.4) is 0 Å². The van der Waals surface area contributed by atoms with Gasteiger partial charge >= 0.3 is 6.03 Å². The number of carbonyl (C=O) groups excluding carboxylic acids is 1. The highest BCUT2D eigenvalue weighted by molar-refractivity contribution is 7.07. The van der Waals surface area contributed by atoms with Crippen molar-refractivity contribution < 1.29 is 9.53 Å². The van der Waals surface area contributed by atoms with Crippen molar-refractivity contribution in [3.8, 4) is 5.75 Å². The number of methoxy groups -OCH3 is 1. The molecule has 0 radical (unpaired) electrons. The van der Waals surface area contributed by atoms with Crippen molar-refractivity contribution in [2.24, 2.45) is 0 Å². The maximum atomic E-state index is 12.6. The van der Waals surface area contributed by atoms with E-state index in [1.165, 1.54) is 11.3 Å². The molecule has 7 heteroatoms. The molecule has 0 bridgehead atoms. The van der Waals surface area contributed by atoms with E-state index >= 15 is 0 Å². The van der Waals surface area contributed by atoms with E-state index in [0.29, 0.717) is 6.54 Å². The van der Waals surface area contributed by atoms with Crippen LogP contribution in [-0.2, 0) is 0 Å². The molecule has 1 unspecified atom stereocenters. The van der Waals surface area contributed by atoms with Crippen molar-refractivity contribution >= 4 is 23.1 Å². The molecule has 1 aliphatic rings. The average molecular weight is 389 g/mol. The summed E-state index contributed by atoms with van der Waals surface area (Å²) in [6, 6.07) is 10.4. The van der Waals surface area contributed by atoms with E-state index in [4.69, 9.17) is 4.74 Å². The summed E-state index contributed by atoms with van der Waals surface area (Å²) in [5.41, 5.74) is 2.41. The van der Waals surface area contributed by atoms with Gasteiger partial charge in [0.2, 0.25) is 0 Å². The lowest BCUT2D eigenvalue weighted by Crippen LogP contribution is -2.52. The van der Waals surface area contributed by atoms with Gasteiger partial charge in [0.1, 0.15) is 5.75 Å². The molecule has 2 aromatic rings. The normalized spacial score (nSPS) is 15.7. The van der Waals surface area contributed by atoms with E-state index in [9.17, 15) is 4.79 Å². The number of hydrogen-bond donors (Lipinski definition) is 1. The number of rotatable bonds is 6. The summed E-state index contributed by atoms with van der Waals surface area (Å²) in [4.78, 5) is 18.9. The summed E-state index contributed by atoms with van der Waals surface area (Å²) in [6.07, 6.45) is 0. The highest BCUT2D eigenvalue weighted by Gasteiger charge is 2.23. The monoisotopic (exact) mass is 388 g/mol. The maximum absolute atomic E-state index is 12.6. The van der Waals surface area contributed by atoms with E-state index < -0.39 is 0 Å². The fraction of sp³-hybridized carbons (Fsp3) is 0.450. The first-order chi connectivity index (χ1) is 13.1. The van der Waals surface area contributed by atoms with Gasteiger partial charge in [-0.05, 0) is 60.8 Å². The van der Waals surface area contributed by atoms with Gasteiger partial charge in [-0.3, -0.25) is 0 Å². The first-order valence-electron chi connectivity index (χ1n) is 9.19. The summed E-state index contributed by atoms with van der Waals surface area (Å²) in [7, 11) is 5.76. The molecule has 1 aromatic heterocycles. The highest BCUT2D eigenvalue weighted by Crippen LogP contribution is 2.21. The molecule has 1 saturated heterocycles. The molecule has 1 atom stereocenters. The number of piperazine rings is 1. The molecule has 2 amide bonds. The third-order valence-corrected chi connectivity index (χ3v) is 5.70. The van der Waals surface area contributed by atoms with Crippen LogP contribution in [0, 0.1) is 0 Å².